The molecule has 0 atom stereocenters. The Morgan fingerprint density at radius 3 is 1.25 bits per heavy atom. The summed E-state index contributed by atoms with van der Waals surface area (Å²) < 4.78 is 97.7. The molecule has 6 rings (SSSR count). The Balaban J connectivity index is 1.67. The maximum atomic E-state index is 18.0. The van der Waals surface area contributed by atoms with Crippen molar-refractivity contribution in [3.63, 3.8) is 0 Å². The van der Waals surface area contributed by atoms with E-state index in [1.54, 1.807) is 33.4 Å². The third-order valence-electron chi connectivity index (χ3n) is 10.6. The number of allylic oxidation sites excluding steroid dienone is 8. The number of aryl methyl sites for hydroxylation is 2. The van der Waals surface area contributed by atoms with E-state index in [0.29, 0.717) is 80.9 Å². The zero-order valence-corrected chi connectivity index (χ0v) is 34.4. The molecule has 11 heteroatoms. The van der Waals surface area contributed by atoms with Crippen molar-refractivity contribution in [2.45, 2.75) is 80.8 Å². The zero-order valence-electron chi connectivity index (χ0n) is 32.9. The van der Waals surface area contributed by atoms with Gasteiger partial charge in [-0.15, -0.1) is 0 Å². The Morgan fingerprint density at radius 1 is 0.582 bits per heavy atom. The summed E-state index contributed by atoms with van der Waals surface area (Å²) in [6.45, 7) is 16.4. The van der Waals surface area contributed by atoms with Crippen LogP contribution in [-0.4, -0.2) is 35.6 Å². The second-order valence-electron chi connectivity index (χ2n) is 13.7. The molecule has 0 bridgehead atoms. The van der Waals surface area contributed by atoms with Crippen LogP contribution in [0.3, 0.4) is 0 Å². The molecule has 4 aromatic rings. The van der Waals surface area contributed by atoms with Crippen LogP contribution in [0.25, 0.3) is 11.4 Å². The average molecular weight is 795 g/mol. The number of rotatable bonds is 16. The molecule has 292 valence electrons. The molecular formula is C44H50F4N2O4Ti. The summed E-state index contributed by atoms with van der Waals surface area (Å²) in [5.74, 6) is -3.40. The van der Waals surface area contributed by atoms with E-state index < -0.39 is 52.4 Å². The minimum absolute atomic E-state index is 0.0779. The molecule has 0 amide bonds. The van der Waals surface area contributed by atoms with Gasteiger partial charge in [0.25, 0.3) is 0 Å². The van der Waals surface area contributed by atoms with Gasteiger partial charge in [0.05, 0.1) is 0 Å². The number of nitrogens with zero attached hydrogens (tertiary/aromatic N) is 2. The van der Waals surface area contributed by atoms with Crippen LogP contribution < -0.4 is 7.74 Å². The molecule has 0 unspecified atom stereocenters. The van der Waals surface area contributed by atoms with Gasteiger partial charge in [0.1, 0.15) is 0 Å². The SMILES string of the molecule is CCOC(OCC)c1cc(C)n(-c2ccc(F)[c]([Ti]([C]3=CC=CC3)([C]3=CC=CC3)[c]3c(F)ccc(-n4c(C)cc(C(OCC)OCC)c4C)c3F)c2F)c1C. The average Bonchev–Trinajstić information content (AvgIpc) is 3.98. The molecule has 0 saturated heterocycles. The van der Waals surface area contributed by atoms with Gasteiger partial charge in [-0.2, -0.15) is 0 Å². The van der Waals surface area contributed by atoms with Gasteiger partial charge in [0, 0.05) is 0 Å². The van der Waals surface area contributed by atoms with Gasteiger partial charge in [0.15, 0.2) is 0 Å². The summed E-state index contributed by atoms with van der Waals surface area (Å²) in [6, 6.07) is 9.00. The van der Waals surface area contributed by atoms with Gasteiger partial charge in [-0.25, -0.2) is 0 Å². The first kappa shape index (κ1) is 40.9. The second kappa shape index (κ2) is 17.2. The van der Waals surface area contributed by atoms with E-state index in [1.165, 1.54) is 24.3 Å². The topological polar surface area (TPSA) is 46.8 Å². The zero-order chi connectivity index (χ0) is 39.6. The van der Waals surface area contributed by atoms with E-state index in [2.05, 4.69) is 0 Å². The molecule has 0 aliphatic heterocycles. The number of ether oxygens (including phenoxy) is 4. The summed E-state index contributed by atoms with van der Waals surface area (Å²) in [5.41, 5.74) is 4.21. The summed E-state index contributed by atoms with van der Waals surface area (Å²) in [6.07, 6.45) is 10.2. The fourth-order valence-corrected chi connectivity index (χ4v) is 16.6. The summed E-state index contributed by atoms with van der Waals surface area (Å²) in [5, 5.41) is 0. The predicted octanol–water partition coefficient (Wildman–Crippen LogP) is 9.99. The van der Waals surface area contributed by atoms with E-state index in [1.807, 2.05) is 79.7 Å². The van der Waals surface area contributed by atoms with Crippen LogP contribution in [0.1, 0.15) is 87.0 Å². The number of halogens is 4. The number of hydrogen-bond acceptors (Lipinski definition) is 4. The van der Waals surface area contributed by atoms with E-state index in [4.69, 9.17) is 18.9 Å². The van der Waals surface area contributed by atoms with Crippen LogP contribution in [0, 0.1) is 51.0 Å². The Hall–Kier alpha value is -3.77. The second-order valence-corrected chi connectivity index (χ2v) is 19.6. The molecule has 2 aromatic heterocycles. The monoisotopic (exact) mass is 794 g/mol. The van der Waals surface area contributed by atoms with Crippen molar-refractivity contribution in [3.8, 4) is 11.4 Å². The maximum absolute atomic E-state index is 18.0. The third kappa shape index (κ3) is 7.11. The van der Waals surface area contributed by atoms with Gasteiger partial charge in [0.2, 0.25) is 0 Å². The van der Waals surface area contributed by atoms with E-state index in [0.717, 1.165) is 0 Å². The van der Waals surface area contributed by atoms with Crippen LogP contribution in [0.4, 0.5) is 17.6 Å². The first-order chi connectivity index (χ1) is 26.5. The Kier molecular flexibility index (Phi) is 12.8. The predicted molar refractivity (Wildman–Crippen MR) is 205 cm³/mol. The van der Waals surface area contributed by atoms with Crippen molar-refractivity contribution < 1.29 is 53.1 Å². The molecule has 2 heterocycles. The van der Waals surface area contributed by atoms with Crippen LogP contribution >= 0.6 is 0 Å². The fraction of sp³-hybridized carbons (Fsp3) is 0.364. The molecule has 2 aliphatic rings. The fourth-order valence-electron chi connectivity index (χ4n) is 8.39. The quantitative estimate of drug-likeness (QED) is 0.0644. The van der Waals surface area contributed by atoms with Crippen LogP contribution in [0.15, 0.2) is 80.6 Å². The number of hydrogen-bond donors (Lipinski definition) is 0. The van der Waals surface area contributed by atoms with Crippen molar-refractivity contribution >= 4 is 7.74 Å². The van der Waals surface area contributed by atoms with E-state index in [-0.39, 0.29) is 19.1 Å². The minimum atomic E-state index is -5.19. The van der Waals surface area contributed by atoms with Crippen LogP contribution in [0.5, 0.6) is 0 Å². The molecule has 0 fully saturated rings. The third-order valence-corrected chi connectivity index (χ3v) is 18.5. The molecule has 0 N–H and O–H groups in total. The molecule has 2 aromatic carbocycles. The van der Waals surface area contributed by atoms with Gasteiger partial charge < -0.3 is 0 Å². The first-order valence-electron chi connectivity index (χ1n) is 19.0. The van der Waals surface area contributed by atoms with Crippen LogP contribution in [0.2, 0.25) is 0 Å². The van der Waals surface area contributed by atoms with Gasteiger partial charge >= 0.3 is 326 Å². The number of benzene rings is 2. The van der Waals surface area contributed by atoms with Gasteiger partial charge in [-0.05, 0) is 0 Å². The Bertz CT molecular complexity index is 2030. The molecule has 55 heavy (non-hydrogen) atoms. The standard InChI is InChI=1S/2C17H20F2NO2.2C5H5.Ti/c2*1-5-21-17(22-6-2)14-9-11(3)20(12(14)4)16-8-7-13(18)10-15(16)19;2*1-2-4-5-3-1;/h2*7-9,17H,5-6H2,1-4H3;2*1-3H,4H2;. The van der Waals surface area contributed by atoms with Crippen LogP contribution in [-0.2, 0) is 35.5 Å². The van der Waals surface area contributed by atoms with Crippen molar-refractivity contribution in [1.29, 1.82) is 0 Å². The Morgan fingerprint density at radius 2 is 0.945 bits per heavy atom. The molecule has 2 aliphatic carbocycles. The van der Waals surface area contributed by atoms with Crippen molar-refractivity contribution in [3.05, 3.63) is 138 Å². The Labute approximate surface area is 325 Å². The molecule has 0 saturated carbocycles. The van der Waals surface area contributed by atoms with Crippen molar-refractivity contribution in [1.82, 2.24) is 9.13 Å². The summed E-state index contributed by atoms with van der Waals surface area (Å²) in [7, 11) is 0. The first-order valence-corrected chi connectivity index (χ1v) is 22.1. The summed E-state index contributed by atoms with van der Waals surface area (Å²) in [4.78, 5) is 0. The van der Waals surface area contributed by atoms with Gasteiger partial charge in [-0.3, -0.25) is 0 Å². The van der Waals surface area contributed by atoms with E-state index in [9.17, 15) is 0 Å². The van der Waals surface area contributed by atoms with E-state index >= 15 is 17.6 Å². The van der Waals surface area contributed by atoms with Gasteiger partial charge in [-0.1, -0.05) is 0 Å². The molecule has 0 radical (unpaired) electrons. The number of aromatic nitrogens is 2. The molecular weight excluding hydrogens is 744 g/mol. The van der Waals surface area contributed by atoms with Crippen molar-refractivity contribution in [2.75, 3.05) is 26.4 Å². The van der Waals surface area contributed by atoms with Crippen molar-refractivity contribution in [2.24, 2.45) is 0 Å². The molecule has 6 nitrogen and oxygen atoms in total. The summed E-state index contributed by atoms with van der Waals surface area (Å²) >= 11 is -5.19. The normalized spacial score (nSPS) is 14.3. The molecule has 0 spiro atoms.